The fourth-order valence-corrected chi connectivity index (χ4v) is 1.84. The number of ether oxygens (including phenoxy) is 1. The lowest BCUT2D eigenvalue weighted by Crippen LogP contribution is -2.17. The maximum atomic E-state index is 13.4. The van der Waals surface area contributed by atoms with Gasteiger partial charge >= 0.3 is 6.36 Å². The van der Waals surface area contributed by atoms with Gasteiger partial charge in [0.15, 0.2) is 0 Å². The number of halogens is 5. The predicted molar refractivity (Wildman–Crippen MR) is 68.9 cm³/mol. The molecule has 0 saturated heterocycles. The molecule has 0 spiro atoms. The van der Waals surface area contributed by atoms with Crippen molar-refractivity contribution in [2.75, 3.05) is 0 Å². The summed E-state index contributed by atoms with van der Waals surface area (Å²) in [6, 6.07) is 7.07. The van der Waals surface area contributed by atoms with Crippen molar-refractivity contribution in [2.45, 2.75) is 6.36 Å². The molecule has 0 atom stereocenters. The molecular weight excluding hydrogens is 312 g/mol. The summed E-state index contributed by atoms with van der Waals surface area (Å²) in [5, 5.41) is -0.114. The molecule has 21 heavy (non-hydrogen) atoms. The Morgan fingerprint density at radius 3 is 2.33 bits per heavy atom. The second-order valence-corrected chi connectivity index (χ2v) is 4.49. The van der Waals surface area contributed by atoms with Crippen LogP contribution in [0, 0.1) is 5.82 Å². The number of aldehydes is 1. The summed E-state index contributed by atoms with van der Waals surface area (Å²) in [5.74, 6) is -1.28. The van der Waals surface area contributed by atoms with E-state index >= 15 is 0 Å². The molecule has 0 bridgehead atoms. The molecule has 0 aromatic heterocycles. The van der Waals surface area contributed by atoms with Gasteiger partial charge in [-0.2, -0.15) is 0 Å². The van der Waals surface area contributed by atoms with Crippen molar-refractivity contribution < 1.29 is 27.1 Å². The van der Waals surface area contributed by atoms with Crippen LogP contribution in [-0.2, 0) is 0 Å². The maximum absolute atomic E-state index is 13.4. The van der Waals surface area contributed by atoms with E-state index in [2.05, 4.69) is 4.74 Å². The van der Waals surface area contributed by atoms with Crippen LogP contribution in [0.3, 0.4) is 0 Å². The molecule has 0 N–H and O–H groups in total. The smallest absolute Gasteiger partial charge is 0.406 e. The van der Waals surface area contributed by atoms with Crippen LogP contribution in [0.15, 0.2) is 36.4 Å². The second kappa shape index (κ2) is 5.73. The van der Waals surface area contributed by atoms with Gasteiger partial charge in [0.2, 0.25) is 0 Å². The zero-order valence-electron chi connectivity index (χ0n) is 10.2. The zero-order chi connectivity index (χ0) is 15.6. The number of hydrogen-bond donors (Lipinski definition) is 0. The highest BCUT2D eigenvalue weighted by atomic mass is 35.5. The van der Waals surface area contributed by atoms with Crippen molar-refractivity contribution >= 4 is 17.9 Å². The molecule has 7 heteroatoms. The van der Waals surface area contributed by atoms with Crippen molar-refractivity contribution in [3.8, 4) is 16.9 Å². The third-order valence-corrected chi connectivity index (χ3v) is 2.86. The van der Waals surface area contributed by atoms with E-state index in [1.807, 2.05) is 0 Å². The molecule has 0 amide bonds. The number of hydrogen-bond acceptors (Lipinski definition) is 2. The molecule has 0 aliphatic carbocycles. The highest BCUT2D eigenvalue weighted by molar-refractivity contribution is 6.30. The van der Waals surface area contributed by atoms with Crippen LogP contribution in [-0.4, -0.2) is 12.6 Å². The fraction of sp³-hybridized carbons (Fsp3) is 0.0714. The van der Waals surface area contributed by atoms with E-state index in [1.54, 1.807) is 0 Å². The van der Waals surface area contributed by atoms with E-state index in [1.165, 1.54) is 18.2 Å². The van der Waals surface area contributed by atoms with Gasteiger partial charge in [0, 0.05) is 5.56 Å². The summed E-state index contributed by atoms with van der Waals surface area (Å²) >= 11 is 5.54. The highest BCUT2D eigenvalue weighted by Crippen LogP contribution is 2.30. The third-order valence-electron chi connectivity index (χ3n) is 2.55. The standard InChI is InChI=1S/C14H7ClF4O2/c15-12-2-1-9(6-13(12)16)10-3-8(7-20)4-11(5-10)21-14(17,18)19/h1-7H. The molecule has 2 nitrogen and oxygen atoms in total. The molecule has 0 radical (unpaired) electrons. The van der Waals surface area contributed by atoms with Crippen LogP contribution >= 0.6 is 11.6 Å². The lowest BCUT2D eigenvalue weighted by Gasteiger charge is -2.11. The minimum Gasteiger partial charge on any atom is -0.406 e. The Kier molecular flexibility index (Phi) is 4.18. The van der Waals surface area contributed by atoms with E-state index in [4.69, 9.17) is 11.6 Å². The fourth-order valence-electron chi connectivity index (χ4n) is 1.73. The summed E-state index contributed by atoms with van der Waals surface area (Å²) < 4.78 is 53.9. The van der Waals surface area contributed by atoms with Crippen LogP contribution in [0.1, 0.15) is 10.4 Å². The zero-order valence-corrected chi connectivity index (χ0v) is 11.0. The Labute approximate surface area is 121 Å². The number of alkyl halides is 3. The topological polar surface area (TPSA) is 26.3 Å². The van der Waals surface area contributed by atoms with E-state index in [9.17, 15) is 22.4 Å². The van der Waals surface area contributed by atoms with Crippen LogP contribution < -0.4 is 4.74 Å². The lowest BCUT2D eigenvalue weighted by molar-refractivity contribution is -0.274. The Bertz CT molecular complexity index is 683. The molecule has 0 heterocycles. The molecule has 0 fully saturated rings. The summed E-state index contributed by atoms with van der Waals surface area (Å²) in [4.78, 5) is 10.8. The second-order valence-electron chi connectivity index (χ2n) is 4.09. The summed E-state index contributed by atoms with van der Waals surface area (Å²) in [5.41, 5.74) is 0.448. The van der Waals surface area contributed by atoms with Crippen molar-refractivity contribution in [3.05, 3.63) is 52.8 Å². The van der Waals surface area contributed by atoms with Gasteiger partial charge in [-0.3, -0.25) is 4.79 Å². The van der Waals surface area contributed by atoms with Gasteiger partial charge in [0.25, 0.3) is 0 Å². The first-order valence-electron chi connectivity index (χ1n) is 5.60. The minimum atomic E-state index is -4.88. The number of carbonyl (C=O) groups excluding carboxylic acids is 1. The minimum absolute atomic E-state index is 0.0258. The summed E-state index contributed by atoms with van der Waals surface area (Å²) in [6.45, 7) is 0. The van der Waals surface area contributed by atoms with E-state index in [0.29, 0.717) is 6.29 Å². The van der Waals surface area contributed by atoms with Gasteiger partial charge < -0.3 is 4.74 Å². The van der Waals surface area contributed by atoms with Crippen LogP contribution in [0.4, 0.5) is 17.6 Å². The average molecular weight is 319 g/mol. The van der Waals surface area contributed by atoms with Crippen molar-refractivity contribution in [1.29, 1.82) is 0 Å². The third kappa shape index (κ3) is 3.95. The van der Waals surface area contributed by atoms with Gasteiger partial charge in [-0.15, -0.1) is 13.2 Å². The SMILES string of the molecule is O=Cc1cc(OC(F)(F)F)cc(-c2ccc(Cl)c(F)c2)c1. The quantitative estimate of drug-likeness (QED) is 0.597. The van der Waals surface area contributed by atoms with Gasteiger partial charge in [-0.25, -0.2) is 4.39 Å². The number of carbonyl (C=O) groups is 1. The summed E-state index contributed by atoms with van der Waals surface area (Å²) in [7, 11) is 0. The molecule has 0 unspecified atom stereocenters. The molecule has 0 aliphatic heterocycles. The van der Waals surface area contributed by atoms with Gasteiger partial charge in [0.05, 0.1) is 5.02 Å². The first-order valence-corrected chi connectivity index (χ1v) is 5.98. The van der Waals surface area contributed by atoms with Crippen LogP contribution in [0.25, 0.3) is 11.1 Å². The predicted octanol–water partition coefficient (Wildman–Crippen LogP) is 4.86. The maximum Gasteiger partial charge on any atom is 0.573 e. The molecular formula is C14H7ClF4O2. The number of benzene rings is 2. The van der Waals surface area contributed by atoms with E-state index < -0.39 is 17.9 Å². The molecule has 2 aromatic rings. The molecule has 2 aromatic carbocycles. The van der Waals surface area contributed by atoms with Crippen molar-refractivity contribution in [1.82, 2.24) is 0 Å². The molecule has 110 valence electrons. The molecule has 0 aliphatic rings. The average Bonchev–Trinajstić information content (AvgIpc) is 2.39. The highest BCUT2D eigenvalue weighted by Gasteiger charge is 2.31. The Hall–Kier alpha value is -2.08. The number of rotatable bonds is 3. The lowest BCUT2D eigenvalue weighted by atomic mass is 10.0. The van der Waals surface area contributed by atoms with Gasteiger partial charge in [-0.1, -0.05) is 17.7 Å². The van der Waals surface area contributed by atoms with E-state index in [0.717, 1.165) is 18.2 Å². The monoisotopic (exact) mass is 318 g/mol. The van der Waals surface area contributed by atoms with Crippen molar-refractivity contribution in [3.63, 3.8) is 0 Å². The van der Waals surface area contributed by atoms with Crippen molar-refractivity contribution in [2.24, 2.45) is 0 Å². The van der Waals surface area contributed by atoms with E-state index in [-0.39, 0.29) is 21.7 Å². The Morgan fingerprint density at radius 1 is 1.05 bits per heavy atom. The van der Waals surface area contributed by atoms with Crippen LogP contribution in [0.5, 0.6) is 5.75 Å². The van der Waals surface area contributed by atoms with Gasteiger partial charge in [0.1, 0.15) is 17.9 Å². The Morgan fingerprint density at radius 2 is 1.76 bits per heavy atom. The molecule has 2 rings (SSSR count). The normalized spacial score (nSPS) is 11.3. The summed E-state index contributed by atoms with van der Waals surface area (Å²) in [6.07, 6.45) is -4.51. The van der Waals surface area contributed by atoms with Crippen LogP contribution in [0.2, 0.25) is 5.02 Å². The first kappa shape index (κ1) is 15.3. The Balaban J connectivity index is 2.49. The van der Waals surface area contributed by atoms with Gasteiger partial charge in [-0.05, 0) is 41.5 Å². The first-order chi connectivity index (χ1) is 9.78. The molecule has 0 saturated carbocycles. The largest absolute Gasteiger partial charge is 0.573 e.